The second-order valence-corrected chi connectivity index (χ2v) is 5.69. The zero-order valence-corrected chi connectivity index (χ0v) is 12.5. The summed E-state index contributed by atoms with van der Waals surface area (Å²) >= 11 is 0. The van der Waals surface area contributed by atoms with E-state index in [0.29, 0.717) is 0 Å². The van der Waals surface area contributed by atoms with E-state index >= 15 is 0 Å². The standard InChI is InChI=1S/C15H24N4O/c1-11(12(2)15(16)20)13-5-4-6-14(17-13)19-9-7-18(3)8-10-19/h4-6,11-12H,7-10H2,1-3H3,(H2,16,20)/t11-,12?/m1/s1. The van der Waals surface area contributed by atoms with E-state index in [1.54, 1.807) is 0 Å². The lowest BCUT2D eigenvalue weighted by Gasteiger charge is -2.33. The first-order valence-corrected chi connectivity index (χ1v) is 7.19. The van der Waals surface area contributed by atoms with Crippen molar-refractivity contribution < 1.29 is 4.79 Å². The van der Waals surface area contributed by atoms with Gasteiger partial charge in [-0.05, 0) is 19.2 Å². The number of hydrogen-bond donors (Lipinski definition) is 1. The Hall–Kier alpha value is -1.62. The Morgan fingerprint density at radius 3 is 2.50 bits per heavy atom. The van der Waals surface area contributed by atoms with E-state index in [2.05, 4.69) is 16.8 Å². The maximum Gasteiger partial charge on any atom is 0.220 e. The van der Waals surface area contributed by atoms with Crippen LogP contribution in [-0.2, 0) is 4.79 Å². The highest BCUT2D eigenvalue weighted by molar-refractivity contribution is 5.77. The molecule has 2 rings (SSSR count). The fourth-order valence-electron chi connectivity index (χ4n) is 2.41. The van der Waals surface area contributed by atoms with Crippen LogP contribution in [0.4, 0.5) is 5.82 Å². The molecule has 0 aliphatic carbocycles. The fraction of sp³-hybridized carbons (Fsp3) is 0.600. The smallest absolute Gasteiger partial charge is 0.220 e. The molecule has 0 saturated carbocycles. The number of aromatic nitrogens is 1. The Labute approximate surface area is 120 Å². The lowest BCUT2D eigenvalue weighted by molar-refractivity contribution is -0.121. The van der Waals surface area contributed by atoms with Crippen LogP contribution < -0.4 is 10.6 Å². The number of nitrogens with zero attached hydrogens (tertiary/aromatic N) is 3. The second kappa shape index (κ2) is 6.22. The highest BCUT2D eigenvalue weighted by atomic mass is 16.1. The molecule has 0 radical (unpaired) electrons. The molecule has 0 aromatic carbocycles. The van der Waals surface area contributed by atoms with E-state index in [1.807, 2.05) is 32.0 Å². The van der Waals surface area contributed by atoms with Crippen LogP contribution in [0.25, 0.3) is 0 Å². The molecule has 1 fully saturated rings. The van der Waals surface area contributed by atoms with Crippen LogP contribution in [0.5, 0.6) is 0 Å². The van der Waals surface area contributed by atoms with Crippen molar-refractivity contribution in [1.82, 2.24) is 9.88 Å². The van der Waals surface area contributed by atoms with Crippen molar-refractivity contribution >= 4 is 11.7 Å². The summed E-state index contributed by atoms with van der Waals surface area (Å²) < 4.78 is 0. The predicted molar refractivity (Wildman–Crippen MR) is 80.7 cm³/mol. The van der Waals surface area contributed by atoms with Gasteiger partial charge in [0, 0.05) is 43.7 Å². The molecular formula is C15H24N4O. The monoisotopic (exact) mass is 276 g/mol. The molecule has 1 saturated heterocycles. The summed E-state index contributed by atoms with van der Waals surface area (Å²) in [6.07, 6.45) is 0. The molecule has 1 unspecified atom stereocenters. The molecule has 5 nitrogen and oxygen atoms in total. The van der Waals surface area contributed by atoms with Crippen LogP contribution in [0.2, 0.25) is 0 Å². The van der Waals surface area contributed by atoms with Gasteiger partial charge in [-0.1, -0.05) is 19.9 Å². The first-order chi connectivity index (χ1) is 9.49. The minimum atomic E-state index is -0.274. The van der Waals surface area contributed by atoms with E-state index in [4.69, 9.17) is 10.7 Å². The van der Waals surface area contributed by atoms with Gasteiger partial charge in [0.2, 0.25) is 5.91 Å². The molecule has 2 atom stereocenters. The van der Waals surface area contributed by atoms with Crippen molar-refractivity contribution in [2.45, 2.75) is 19.8 Å². The molecule has 1 aliphatic heterocycles. The predicted octanol–water partition coefficient (Wildman–Crippen LogP) is 1.06. The van der Waals surface area contributed by atoms with Gasteiger partial charge < -0.3 is 15.5 Å². The minimum absolute atomic E-state index is 0.0416. The van der Waals surface area contributed by atoms with Crippen molar-refractivity contribution in [1.29, 1.82) is 0 Å². The van der Waals surface area contributed by atoms with Crippen LogP contribution in [-0.4, -0.2) is 49.0 Å². The molecule has 1 aromatic rings. The Balaban J connectivity index is 2.13. The number of rotatable bonds is 4. The molecule has 2 N–H and O–H groups in total. The highest BCUT2D eigenvalue weighted by Crippen LogP contribution is 2.24. The average Bonchev–Trinajstić information content (AvgIpc) is 2.46. The SMILES string of the molecule is CC(C(N)=O)[C@@H](C)c1cccc(N2CCN(C)CC2)n1. The molecule has 20 heavy (non-hydrogen) atoms. The zero-order chi connectivity index (χ0) is 14.7. The lowest BCUT2D eigenvalue weighted by atomic mass is 9.92. The van der Waals surface area contributed by atoms with E-state index in [1.165, 1.54) is 0 Å². The highest BCUT2D eigenvalue weighted by Gasteiger charge is 2.22. The maximum atomic E-state index is 11.3. The van der Waals surface area contributed by atoms with E-state index in [-0.39, 0.29) is 17.7 Å². The fourth-order valence-corrected chi connectivity index (χ4v) is 2.41. The van der Waals surface area contributed by atoms with Crippen LogP contribution >= 0.6 is 0 Å². The topological polar surface area (TPSA) is 62.5 Å². The van der Waals surface area contributed by atoms with E-state index in [9.17, 15) is 4.79 Å². The maximum absolute atomic E-state index is 11.3. The van der Waals surface area contributed by atoms with Gasteiger partial charge >= 0.3 is 0 Å². The van der Waals surface area contributed by atoms with Crippen molar-refractivity contribution in [2.24, 2.45) is 11.7 Å². The van der Waals surface area contributed by atoms with Crippen molar-refractivity contribution in [2.75, 3.05) is 38.1 Å². The Kier molecular flexibility index (Phi) is 4.60. The first kappa shape index (κ1) is 14.8. The summed E-state index contributed by atoms with van der Waals surface area (Å²) in [7, 11) is 2.14. The van der Waals surface area contributed by atoms with E-state index in [0.717, 1.165) is 37.7 Å². The Bertz CT molecular complexity index is 469. The largest absolute Gasteiger partial charge is 0.369 e. The first-order valence-electron chi connectivity index (χ1n) is 7.19. The molecule has 110 valence electrons. The lowest BCUT2D eigenvalue weighted by Crippen LogP contribution is -2.44. The van der Waals surface area contributed by atoms with Crippen molar-refractivity contribution in [3.8, 4) is 0 Å². The third kappa shape index (κ3) is 3.28. The number of carbonyl (C=O) groups is 1. The van der Waals surface area contributed by atoms with Crippen molar-refractivity contribution in [3.05, 3.63) is 23.9 Å². The molecule has 0 bridgehead atoms. The van der Waals surface area contributed by atoms with Crippen LogP contribution in [0, 0.1) is 5.92 Å². The summed E-state index contributed by atoms with van der Waals surface area (Å²) in [6.45, 7) is 7.96. The third-order valence-corrected chi connectivity index (χ3v) is 4.25. The van der Waals surface area contributed by atoms with Crippen LogP contribution in [0.1, 0.15) is 25.5 Å². The number of amides is 1. The zero-order valence-electron chi connectivity index (χ0n) is 12.5. The van der Waals surface area contributed by atoms with Crippen LogP contribution in [0.15, 0.2) is 18.2 Å². The van der Waals surface area contributed by atoms with Gasteiger partial charge in [-0.3, -0.25) is 4.79 Å². The number of nitrogens with two attached hydrogens (primary N) is 1. The summed E-state index contributed by atoms with van der Waals surface area (Å²) in [5.74, 6) is 0.563. The summed E-state index contributed by atoms with van der Waals surface area (Å²) in [4.78, 5) is 20.7. The van der Waals surface area contributed by atoms with Gasteiger partial charge in [0.25, 0.3) is 0 Å². The number of carbonyl (C=O) groups excluding carboxylic acids is 1. The molecule has 1 amide bonds. The van der Waals surface area contributed by atoms with Crippen molar-refractivity contribution in [3.63, 3.8) is 0 Å². The van der Waals surface area contributed by atoms with Gasteiger partial charge in [-0.25, -0.2) is 4.98 Å². The number of piperazine rings is 1. The van der Waals surface area contributed by atoms with Gasteiger partial charge in [0.15, 0.2) is 0 Å². The molecule has 5 heteroatoms. The molecule has 2 heterocycles. The molecule has 1 aromatic heterocycles. The van der Waals surface area contributed by atoms with Gasteiger partial charge in [0.05, 0.1) is 0 Å². The molecule has 1 aliphatic rings. The number of likely N-dealkylation sites (N-methyl/N-ethyl adjacent to an activating group) is 1. The number of pyridine rings is 1. The molecular weight excluding hydrogens is 252 g/mol. The van der Waals surface area contributed by atoms with Gasteiger partial charge in [-0.15, -0.1) is 0 Å². The Morgan fingerprint density at radius 2 is 1.90 bits per heavy atom. The number of primary amides is 1. The summed E-state index contributed by atoms with van der Waals surface area (Å²) in [6, 6.07) is 6.03. The average molecular weight is 276 g/mol. The quantitative estimate of drug-likeness (QED) is 0.893. The third-order valence-electron chi connectivity index (χ3n) is 4.25. The summed E-state index contributed by atoms with van der Waals surface area (Å²) in [5, 5.41) is 0. The minimum Gasteiger partial charge on any atom is -0.369 e. The number of anilines is 1. The van der Waals surface area contributed by atoms with Gasteiger partial charge in [0.1, 0.15) is 5.82 Å². The Morgan fingerprint density at radius 1 is 1.25 bits per heavy atom. The van der Waals surface area contributed by atoms with Crippen LogP contribution in [0.3, 0.4) is 0 Å². The number of hydrogen-bond acceptors (Lipinski definition) is 4. The summed E-state index contributed by atoms with van der Waals surface area (Å²) in [5.41, 5.74) is 6.33. The van der Waals surface area contributed by atoms with E-state index < -0.39 is 0 Å². The normalized spacial score (nSPS) is 19.6. The molecule has 0 spiro atoms. The van der Waals surface area contributed by atoms with Gasteiger partial charge in [-0.2, -0.15) is 0 Å². The second-order valence-electron chi connectivity index (χ2n) is 5.69.